The third kappa shape index (κ3) is 3.71. The third-order valence-corrected chi connectivity index (χ3v) is 4.89. The first kappa shape index (κ1) is 17.7. The van der Waals surface area contributed by atoms with E-state index in [4.69, 9.17) is 14.7 Å². The van der Waals surface area contributed by atoms with Crippen LogP contribution < -0.4 is 10.2 Å². The number of rotatable bonds is 4. The molecule has 1 N–H and O–H groups in total. The van der Waals surface area contributed by atoms with E-state index >= 15 is 0 Å². The van der Waals surface area contributed by atoms with E-state index in [9.17, 15) is 10.1 Å². The molecule has 2 aliphatic rings. The maximum Gasteiger partial charge on any atom is 0.243 e. The van der Waals surface area contributed by atoms with Crippen molar-refractivity contribution in [2.24, 2.45) is 0 Å². The highest BCUT2D eigenvalue weighted by Gasteiger charge is 2.34. The van der Waals surface area contributed by atoms with E-state index in [1.54, 1.807) is 0 Å². The van der Waals surface area contributed by atoms with Crippen molar-refractivity contribution in [1.29, 1.82) is 5.26 Å². The van der Waals surface area contributed by atoms with Crippen LogP contribution in [-0.2, 0) is 9.53 Å². The van der Waals surface area contributed by atoms with Crippen LogP contribution in [0.15, 0.2) is 24.3 Å². The van der Waals surface area contributed by atoms with E-state index in [-0.39, 0.29) is 24.2 Å². The zero-order valence-corrected chi connectivity index (χ0v) is 15.6. The summed E-state index contributed by atoms with van der Waals surface area (Å²) in [6, 6.07) is 9.88. The highest BCUT2D eigenvalue weighted by atomic mass is 16.5. The number of hydrogen-bond acceptors (Lipinski definition) is 6. The van der Waals surface area contributed by atoms with Gasteiger partial charge in [-0.15, -0.1) is 0 Å². The van der Waals surface area contributed by atoms with Gasteiger partial charge >= 0.3 is 0 Å². The fraction of sp³-hybridized carbons (Fsp3) is 0.500. The molecule has 0 bridgehead atoms. The van der Waals surface area contributed by atoms with Crippen molar-refractivity contribution in [2.75, 3.05) is 18.0 Å². The van der Waals surface area contributed by atoms with Gasteiger partial charge in [0.15, 0.2) is 11.7 Å². The SMILES string of the molecule is C[C@@H]1CN(c2nc3ccccc3nc2[C@H](C#N)C(=O)NC2CC2)C[C@@H](C)O1. The first-order valence-electron chi connectivity index (χ1n) is 9.42. The Bertz CT molecular complexity index is 895. The lowest BCUT2D eigenvalue weighted by molar-refractivity contribution is -0.121. The maximum absolute atomic E-state index is 12.7. The molecule has 1 aliphatic heterocycles. The molecule has 7 heteroatoms. The molecular formula is C20H23N5O2. The van der Waals surface area contributed by atoms with E-state index in [0.29, 0.717) is 30.1 Å². The van der Waals surface area contributed by atoms with Crippen LogP contribution in [0.2, 0.25) is 0 Å². The van der Waals surface area contributed by atoms with Gasteiger partial charge in [-0.3, -0.25) is 4.79 Å². The van der Waals surface area contributed by atoms with Gasteiger partial charge in [-0.25, -0.2) is 9.97 Å². The van der Waals surface area contributed by atoms with Gasteiger partial charge in [0.1, 0.15) is 5.69 Å². The zero-order valence-electron chi connectivity index (χ0n) is 15.6. The molecule has 1 aromatic carbocycles. The number of ether oxygens (including phenoxy) is 1. The predicted octanol–water partition coefficient (Wildman–Crippen LogP) is 2.13. The van der Waals surface area contributed by atoms with E-state index in [2.05, 4.69) is 16.3 Å². The van der Waals surface area contributed by atoms with Crippen LogP contribution in [-0.4, -0.2) is 47.2 Å². The van der Waals surface area contributed by atoms with E-state index in [1.807, 2.05) is 38.1 Å². The molecule has 1 aliphatic carbocycles. The topological polar surface area (TPSA) is 91.1 Å². The molecule has 0 unspecified atom stereocenters. The number of carbonyl (C=O) groups excluding carboxylic acids is 1. The summed E-state index contributed by atoms with van der Waals surface area (Å²) >= 11 is 0. The fourth-order valence-corrected chi connectivity index (χ4v) is 3.54. The van der Waals surface area contributed by atoms with Crippen LogP contribution in [0.3, 0.4) is 0 Å². The second-order valence-electron chi connectivity index (χ2n) is 7.43. The zero-order chi connectivity index (χ0) is 19.0. The van der Waals surface area contributed by atoms with Crippen molar-refractivity contribution in [1.82, 2.24) is 15.3 Å². The van der Waals surface area contributed by atoms with Crippen LogP contribution >= 0.6 is 0 Å². The van der Waals surface area contributed by atoms with Crippen LogP contribution in [0.5, 0.6) is 0 Å². The minimum absolute atomic E-state index is 0.0377. The molecule has 1 saturated carbocycles. The van der Waals surface area contributed by atoms with Crippen molar-refractivity contribution in [3.63, 3.8) is 0 Å². The standard InChI is InChI=1S/C20H23N5O2/c1-12-10-25(11-13(2)27-12)19-18(15(9-21)20(26)22-14-7-8-14)23-16-5-3-4-6-17(16)24-19/h3-6,12-15H,7-8,10-11H2,1-2H3,(H,22,26)/t12-,13-,15+/m1/s1. The minimum Gasteiger partial charge on any atom is -0.372 e. The van der Waals surface area contributed by atoms with E-state index < -0.39 is 5.92 Å². The summed E-state index contributed by atoms with van der Waals surface area (Å²) in [5.41, 5.74) is 1.86. The van der Waals surface area contributed by atoms with Crippen molar-refractivity contribution < 1.29 is 9.53 Å². The Hall–Kier alpha value is -2.72. The lowest BCUT2D eigenvalue weighted by atomic mass is 10.0. The number of nitrogens with one attached hydrogen (secondary N) is 1. The number of carbonyl (C=O) groups is 1. The summed E-state index contributed by atoms with van der Waals surface area (Å²) in [4.78, 5) is 24.2. The molecular weight excluding hydrogens is 342 g/mol. The first-order chi connectivity index (χ1) is 13.0. The van der Waals surface area contributed by atoms with Crippen LogP contribution in [0, 0.1) is 11.3 Å². The Labute approximate surface area is 158 Å². The lowest BCUT2D eigenvalue weighted by Crippen LogP contribution is -2.46. The molecule has 3 atom stereocenters. The normalized spacial score (nSPS) is 23.7. The first-order valence-corrected chi connectivity index (χ1v) is 9.42. The summed E-state index contributed by atoms with van der Waals surface area (Å²) in [6.07, 6.45) is 2.02. The fourth-order valence-electron chi connectivity index (χ4n) is 3.54. The van der Waals surface area contributed by atoms with Gasteiger partial charge in [-0.2, -0.15) is 5.26 Å². The molecule has 0 radical (unpaired) electrons. The Kier molecular flexibility index (Phi) is 4.66. The Morgan fingerprint density at radius 2 is 1.85 bits per heavy atom. The summed E-state index contributed by atoms with van der Waals surface area (Å²) in [7, 11) is 0. The largest absolute Gasteiger partial charge is 0.372 e. The van der Waals surface area contributed by atoms with Crippen LogP contribution in [0.25, 0.3) is 11.0 Å². The highest BCUT2D eigenvalue weighted by molar-refractivity contribution is 5.89. The van der Waals surface area contributed by atoms with Crippen molar-refractivity contribution in [3.8, 4) is 6.07 Å². The highest BCUT2D eigenvalue weighted by Crippen LogP contribution is 2.30. The number of nitrogens with zero attached hydrogens (tertiary/aromatic N) is 4. The number of benzene rings is 1. The molecule has 2 aromatic rings. The average Bonchev–Trinajstić information content (AvgIpc) is 3.45. The van der Waals surface area contributed by atoms with Gasteiger partial charge in [0.05, 0.1) is 29.3 Å². The van der Waals surface area contributed by atoms with Crippen molar-refractivity contribution >= 4 is 22.8 Å². The van der Waals surface area contributed by atoms with Gasteiger partial charge < -0.3 is 15.0 Å². The predicted molar refractivity (Wildman–Crippen MR) is 101 cm³/mol. The quantitative estimate of drug-likeness (QED) is 0.892. The van der Waals surface area contributed by atoms with Gasteiger partial charge in [-0.1, -0.05) is 12.1 Å². The smallest absolute Gasteiger partial charge is 0.243 e. The van der Waals surface area contributed by atoms with Crippen LogP contribution in [0.4, 0.5) is 5.82 Å². The van der Waals surface area contributed by atoms with Gasteiger partial charge in [0, 0.05) is 19.1 Å². The second-order valence-corrected chi connectivity index (χ2v) is 7.43. The number of anilines is 1. The molecule has 4 rings (SSSR count). The van der Waals surface area contributed by atoms with Gasteiger partial charge in [0.25, 0.3) is 0 Å². The summed E-state index contributed by atoms with van der Waals surface area (Å²) in [6.45, 7) is 5.32. The van der Waals surface area contributed by atoms with Gasteiger partial charge in [0.2, 0.25) is 5.91 Å². The van der Waals surface area contributed by atoms with Gasteiger partial charge in [-0.05, 0) is 38.8 Å². The Morgan fingerprint density at radius 3 is 2.44 bits per heavy atom. The third-order valence-electron chi connectivity index (χ3n) is 4.89. The number of nitriles is 1. The van der Waals surface area contributed by atoms with E-state index in [0.717, 1.165) is 18.4 Å². The molecule has 0 spiro atoms. The summed E-state index contributed by atoms with van der Waals surface area (Å²) in [5, 5.41) is 12.7. The number of amides is 1. The Balaban J connectivity index is 1.78. The number of fused-ring (bicyclic) bond motifs is 1. The minimum atomic E-state index is -0.980. The maximum atomic E-state index is 12.7. The number of para-hydroxylation sites is 2. The molecule has 7 nitrogen and oxygen atoms in total. The molecule has 2 fully saturated rings. The Morgan fingerprint density at radius 1 is 1.22 bits per heavy atom. The average molecular weight is 365 g/mol. The van der Waals surface area contributed by atoms with Crippen molar-refractivity contribution in [3.05, 3.63) is 30.0 Å². The summed E-state index contributed by atoms with van der Waals surface area (Å²) < 4.78 is 5.83. The number of hydrogen-bond donors (Lipinski definition) is 1. The molecule has 1 amide bonds. The van der Waals surface area contributed by atoms with Crippen LogP contribution in [0.1, 0.15) is 38.3 Å². The molecule has 1 aromatic heterocycles. The monoisotopic (exact) mass is 365 g/mol. The summed E-state index contributed by atoms with van der Waals surface area (Å²) in [5.74, 6) is -0.667. The van der Waals surface area contributed by atoms with E-state index in [1.165, 1.54) is 0 Å². The molecule has 1 saturated heterocycles. The number of aromatic nitrogens is 2. The molecule has 140 valence electrons. The lowest BCUT2D eigenvalue weighted by Gasteiger charge is -2.37. The molecule has 2 heterocycles. The second kappa shape index (κ2) is 7.12. The molecule has 27 heavy (non-hydrogen) atoms. The number of morpholine rings is 1. The van der Waals surface area contributed by atoms with Crippen molar-refractivity contribution in [2.45, 2.75) is 50.9 Å².